The number of hydrogen-bond acceptors (Lipinski definition) is 2. The number of nitrogens with one attached hydrogen (secondary N) is 1. The third kappa shape index (κ3) is 3.82. The summed E-state index contributed by atoms with van der Waals surface area (Å²) >= 11 is 5.46. The van der Waals surface area contributed by atoms with Crippen LogP contribution in [0.1, 0.15) is 44.4 Å². The van der Waals surface area contributed by atoms with Gasteiger partial charge in [-0.15, -0.1) is 11.3 Å². The van der Waals surface area contributed by atoms with E-state index in [1.807, 2.05) is 11.3 Å². The number of halogens is 1. The monoisotopic (exact) mass is 329 g/mol. The Morgan fingerprint density at radius 2 is 2.22 bits per heavy atom. The van der Waals surface area contributed by atoms with Crippen molar-refractivity contribution in [3.05, 3.63) is 20.8 Å². The van der Waals surface area contributed by atoms with Crippen LogP contribution >= 0.6 is 27.3 Å². The molecule has 0 amide bonds. The second kappa shape index (κ2) is 7.06. The molecule has 3 heteroatoms. The zero-order valence-corrected chi connectivity index (χ0v) is 13.8. The maximum Gasteiger partial charge on any atom is 0.0285 e. The summed E-state index contributed by atoms with van der Waals surface area (Å²) in [6.45, 7) is 5.67. The third-order valence-electron chi connectivity index (χ3n) is 4.22. The lowest BCUT2D eigenvalue weighted by Gasteiger charge is -2.36. The third-order valence-corrected chi connectivity index (χ3v) is 5.94. The lowest BCUT2D eigenvalue weighted by atomic mass is 9.75. The Kier molecular flexibility index (Phi) is 5.71. The lowest BCUT2D eigenvalue weighted by Crippen LogP contribution is -2.41. The zero-order chi connectivity index (χ0) is 13.0. The standard InChI is InChI=1S/C15H24BrNS/c1-3-11-5-6-15(17-4-2)12(7-11)8-14-9-13(16)10-18-14/h9-12,15,17H,3-8H2,1-2H3. The van der Waals surface area contributed by atoms with Gasteiger partial charge in [-0.05, 0) is 66.1 Å². The van der Waals surface area contributed by atoms with Crippen molar-refractivity contribution >= 4 is 27.3 Å². The topological polar surface area (TPSA) is 12.0 Å². The molecule has 0 aliphatic heterocycles. The normalized spacial score (nSPS) is 28.5. The highest BCUT2D eigenvalue weighted by Gasteiger charge is 2.29. The van der Waals surface area contributed by atoms with Crippen molar-refractivity contribution < 1.29 is 0 Å². The summed E-state index contributed by atoms with van der Waals surface area (Å²) in [4.78, 5) is 1.53. The summed E-state index contributed by atoms with van der Waals surface area (Å²) < 4.78 is 1.24. The first-order valence-corrected chi connectivity index (χ1v) is 8.86. The Hall–Kier alpha value is 0.140. The molecule has 1 aliphatic rings. The molecule has 0 saturated heterocycles. The molecule has 1 aliphatic carbocycles. The van der Waals surface area contributed by atoms with Crippen LogP contribution in [0, 0.1) is 11.8 Å². The van der Waals surface area contributed by atoms with E-state index in [1.165, 1.54) is 41.5 Å². The molecule has 3 unspecified atom stereocenters. The molecule has 1 aromatic rings. The van der Waals surface area contributed by atoms with E-state index in [2.05, 4.69) is 46.5 Å². The van der Waals surface area contributed by atoms with Gasteiger partial charge in [0.25, 0.3) is 0 Å². The molecule has 18 heavy (non-hydrogen) atoms. The molecule has 1 fully saturated rings. The highest BCUT2D eigenvalue weighted by molar-refractivity contribution is 9.10. The quantitative estimate of drug-likeness (QED) is 0.813. The van der Waals surface area contributed by atoms with E-state index >= 15 is 0 Å². The highest BCUT2D eigenvalue weighted by Crippen LogP contribution is 2.35. The van der Waals surface area contributed by atoms with Gasteiger partial charge >= 0.3 is 0 Å². The zero-order valence-electron chi connectivity index (χ0n) is 11.4. The van der Waals surface area contributed by atoms with Crippen molar-refractivity contribution in [2.75, 3.05) is 6.54 Å². The molecule has 0 bridgehead atoms. The minimum Gasteiger partial charge on any atom is -0.314 e. The molecule has 1 aromatic heterocycles. The van der Waals surface area contributed by atoms with Gasteiger partial charge in [-0.2, -0.15) is 0 Å². The summed E-state index contributed by atoms with van der Waals surface area (Å²) in [6, 6.07) is 3.03. The van der Waals surface area contributed by atoms with Gasteiger partial charge in [0.2, 0.25) is 0 Å². The Bertz CT molecular complexity index is 363. The fourth-order valence-electron chi connectivity index (χ4n) is 3.21. The van der Waals surface area contributed by atoms with E-state index in [0.717, 1.165) is 24.4 Å². The molecule has 0 radical (unpaired) electrons. The smallest absolute Gasteiger partial charge is 0.0285 e. The SMILES string of the molecule is CCNC1CCC(CC)CC1Cc1cc(Br)cs1. The maximum absolute atomic E-state index is 3.70. The largest absolute Gasteiger partial charge is 0.314 e. The number of rotatable bonds is 5. The van der Waals surface area contributed by atoms with E-state index in [4.69, 9.17) is 0 Å². The molecule has 1 heterocycles. The fourth-order valence-corrected chi connectivity index (χ4v) is 4.75. The molecular formula is C15H24BrNS. The van der Waals surface area contributed by atoms with Crippen LogP contribution in [0.2, 0.25) is 0 Å². The minimum absolute atomic E-state index is 0.735. The van der Waals surface area contributed by atoms with Crippen LogP contribution in [0.15, 0.2) is 15.9 Å². The first kappa shape index (κ1) is 14.5. The summed E-state index contributed by atoms with van der Waals surface area (Å²) in [5.41, 5.74) is 0. The molecule has 0 spiro atoms. The van der Waals surface area contributed by atoms with Gasteiger partial charge in [-0.1, -0.05) is 20.3 Å². The molecule has 0 aromatic carbocycles. The van der Waals surface area contributed by atoms with Crippen LogP contribution in [0.25, 0.3) is 0 Å². The first-order valence-electron chi connectivity index (χ1n) is 7.19. The van der Waals surface area contributed by atoms with Crippen LogP contribution < -0.4 is 5.32 Å². The van der Waals surface area contributed by atoms with Crippen molar-refractivity contribution in [1.29, 1.82) is 0 Å². The average Bonchev–Trinajstić information content (AvgIpc) is 2.77. The molecule has 102 valence electrons. The van der Waals surface area contributed by atoms with Crippen LogP contribution in [-0.4, -0.2) is 12.6 Å². The number of hydrogen-bond donors (Lipinski definition) is 1. The predicted molar refractivity (Wildman–Crippen MR) is 84.3 cm³/mol. The van der Waals surface area contributed by atoms with Crippen molar-refractivity contribution in [2.24, 2.45) is 11.8 Å². The van der Waals surface area contributed by atoms with Crippen molar-refractivity contribution in [2.45, 2.75) is 52.0 Å². The van der Waals surface area contributed by atoms with Gasteiger partial charge in [0.05, 0.1) is 0 Å². The van der Waals surface area contributed by atoms with E-state index in [9.17, 15) is 0 Å². The van der Waals surface area contributed by atoms with Crippen LogP contribution in [-0.2, 0) is 6.42 Å². The maximum atomic E-state index is 3.70. The molecule has 1 N–H and O–H groups in total. The van der Waals surface area contributed by atoms with Gasteiger partial charge in [-0.3, -0.25) is 0 Å². The minimum atomic E-state index is 0.735. The summed E-state index contributed by atoms with van der Waals surface area (Å²) in [5.74, 6) is 1.78. The summed E-state index contributed by atoms with van der Waals surface area (Å²) in [7, 11) is 0. The molecule has 1 nitrogen and oxygen atoms in total. The molecule has 3 atom stereocenters. The van der Waals surface area contributed by atoms with Crippen LogP contribution in [0.4, 0.5) is 0 Å². The first-order chi connectivity index (χ1) is 8.72. The number of thiophene rings is 1. The average molecular weight is 330 g/mol. The lowest BCUT2D eigenvalue weighted by molar-refractivity contribution is 0.200. The van der Waals surface area contributed by atoms with Crippen molar-refractivity contribution in [3.63, 3.8) is 0 Å². The Morgan fingerprint density at radius 1 is 1.39 bits per heavy atom. The predicted octanol–water partition coefficient (Wildman–Crippen LogP) is 4.86. The van der Waals surface area contributed by atoms with E-state index < -0.39 is 0 Å². The van der Waals surface area contributed by atoms with Crippen molar-refractivity contribution in [3.8, 4) is 0 Å². The van der Waals surface area contributed by atoms with E-state index in [1.54, 1.807) is 0 Å². The second-order valence-electron chi connectivity index (χ2n) is 5.45. The van der Waals surface area contributed by atoms with Gasteiger partial charge in [0.1, 0.15) is 0 Å². The van der Waals surface area contributed by atoms with Gasteiger partial charge < -0.3 is 5.32 Å². The van der Waals surface area contributed by atoms with Crippen LogP contribution in [0.3, 0.4) is 0 Å². The van der Waals surface area contributed by atoms with Gasteiger partial charge in [-0.25, -0.2) is 0 Å². The second-order valence-corrected chi connectivity index (χ2v) is 7.36. The van der Waals surface area contributed by atoms with E-state index in [-0.39, 0.29) is 0 Å². The van der Waals surface area contributed by atoms with Crippen molar-refractivity contribution in [1.82, 2.24) is 5.32 Å². The highest BCUT2D eigenvalue weighted by atomic mass is 79.9. The summed E-state index contributed by atoms with van der Waals surface area (Å²) in [6.07, 6.45) is 6.79. The Balaban J connectivity index is 2.00. The molecular weight excluding hydrogens is 306 g/mol. The Labute approximate surface area is 123 Å². The molecule has 2 rings (SSSR count). The Morgan fingerprint density at radius 3 is 2.83 bits per heavy atom. The van der Waals surface area contributed by atoms with Gasteiger partial charge in [0, 0.05) is 20.8 Å². The van der Waals surface area contributed by atoms with Gasteiger partial charge in [0.15, 0.2) is 0 Å². The van der Waals surface area contributed by atoms with Crippen LogP contribution in [0.5, 0.6) is 0 Å². The van der Waals surface area contributed by atoms with E-state index in [0.29, 0.717) is 0 Å². The summed E-state index contributed by atoms with van der Waals surface area (Å²) in [5, 5.41) is 5.91. The molecule has 1 saturated carbocycles. The fraction of sp³-hybridized carbons (Fsp3) is 0.733.